The predicted molar refractivity (Wildman–Crippen MR) is 91.8 cm³/mol. The first-order chi connectivity index (χ1) is 11.6. The first-order valence-corrected chi connectivity index (χ1v) is 7.51. The van der Waals surface area contributed by atoms with E-state index in [4.69, 9.17) is 4.74 Å². The van der Waals surface area contributed by atoms with Crippen molar-refractivity contribution in [1.82, 2.24) is 14.5 Å². The van der Waals surface area contributed by atoms with Gasteiger partial charge in [-0.2, -0.15) is 0 Å². The average Bonchev–Trinajstić information content (AvgIpc) is 2.95. The third-order valence-corrected chi connectivity index (χ3v) is 3.86. The van der Waals surface area contributed by atoms with Gasteiger partial charge in [-0.05, 0) is 50.2 Å². The van der Waals surface area contributed by atoms with Crippen LogP contribution >= 0.6 is 0 Å². The molecule has 1 amide bonds. The number of aromatic nitrogens is 3. The molecule has 0 bridgehead atoms. The fourth-order valence-corrected chi connectivity index (χ4v) is 2.29. The van der Waals surface area contributed by atoms with Crippen LogP contribution in [0.25, 0.3) is 5.69 Å². The van der Waals surface area contributed by atoms with Gasteiger partial charge in [-0.15, -0.1) is 0 Å². The van der Waals surface area contributed by atoms with E-state index in [-0.39, 0.29) is 5.91 Å². The van der Waals surface area contributed by atoms with Crippen LogP contribution in [0.2, 0.25) is 0 Å². The summed E-state index contributed by atoms with van der Waals surface area (Å²) in [6.07, 6.45) is 3.31. The molecule has 122 valence electrons. The van der Waals surface area contributed by atoms with Gasteiger partial charge in [0.05, 0.1) is 25.3 Å². The van der Waals surface area contributed by atoms with Gasteiger partial charge >= 0.3 is 0 Å². The maximum atomic E-state index is 12.2. The van der Waals surface area contributed by atoms with E-state index in [2.05, 4.69) is 15.3 Å². The highest BCUT2D eigenvalue weighted by atomic mass is 16.5. The molecule has 0 aliphatic heterocycles. The summed E-state index contributed by atoms with van der Waals surface area (Å²) in [7, 11) is 1.56. The zero-order chi connectivity index (χ0) is 17.1. The number of anilines is 1. The molecule has 0 atom stereocenters. The minimum Gasteiger partial charge on any atom is -0.495 e. The fourth-order valence-electron chi connectivity index (χ4n) is 2.29. The molecular formula is C18H18N4O2. The Hall–Kier alpha value is -3.15. The number of aryl methyl sites for hydroxylation is 1. The largest absolute Gasteiger partial charge is 0.495 e. The van der Waals surface area contributed by atoms with Crippen LogP contribution < -0.4 is 10.1 Å². The minimum absolute atomic E-state index is 0.264. The second kappa shape index (κ2) is 6.54. The number of amides is 1. The van der Waals surface area contributed by atoms with Gasteiger partial charge in [0.25, 0.3) is 5.91 Å². The number of carbonyl (C=O) groups is 1. The average molecular weight is 322 g/mol. The van der Waals surface area contributed by atoms with Crippen LogP contribution in [0, 0.1) is 13.8 Å². The molecule has 6 nitrogen and oxygen atoms in total. The zero-order valence-corrected chi connectivity index (χ0v) is 13.8. The van der Waals surface area contributed by atoms with Gasteiger partial charge in [0.2, 0.25) is 0 Å². The maximum Gasteiger partial charge on any atom is 0.274 e. The summed E-state index contributed by atoms with van der Waals surface area (Å²) in [6, 6.07) is 10.9. The molecule has 1 aromatic carbocycles. The molecule has 3 rings (SSSR count). The summed E-state index contributed by atoms with van der Waals surface area (Å²) in [5.41, 5.74) is 4.12. The Labute approximate surface area is 140 Å². The molecule has 0 saturated heterocycles. The highest BCUT2D eigenvalue weighted by molar-refractivity contribution is 6.02. The normalized spacial score (nSPS) is 10.5. The standard InChI is InChI=1S/C18H18N4O2/c1-12-13(2)22(11-20-12)15-6-4-14(5-7-15)21-18(23)17-9-8-16(24-3)10-19-17/h4-11H,1-3H3,(H,21,23). The lowest BCUT2D eigenvalue weighted by Crippen LogP contribution is -2.13. The Kier molecular flexibility index (Phi) is 4.29. The number of nitrogens with one attached hydrogen (secondary N) is 1. The van der Waals surface area contributed by atoms with Crippen LogP contribution in [0.1, 0.15) is 21.9 Å². The molecule has 0 aliphatic carbocycles. The van der Waals surface area contributed by atoms with Crippen molar-refractivity contribution >= 4 is 11.6 Å². The molecule has 6 heteroatoms. The first-order valence-electron chi connectivity index (χ1n) is 7.51. The van der Waals surface area contributed by atoms with Crippen molar-refractivity contribution in [2.24, 2.45) is 0 Å². The molecule has 2 aromatic heterocycles. The van der Waals surface area contributed by atoms with Crippen molar-refractivity contribution in [3.63, 3.8) is 0 Å². The number of rotatable bonds is 4. The number of nitrogens with zero attached hydrogens (tertiary/aromatic N) is 3. The number of methoxy groups -OCH3 is 1. The molecule has 0 radical (unpaired) electrons. The number of hydrogen-bond donors (Lipinski definition) is 1. The number of hydrogen-bond acceptors (Lipinski definition) is 4. The Morgan fingerprint density at radius 2 is 1.83 bits per heavy atom. The molecule has 0 fully saturated rings. The molecule has 0 saturated carbocycles. The molecule has 1 N–H and O–H groups in total. The number of ether oxygens (including phenoxy) is 1. The molecule has 2 heterocycles. The van der Waals surface area contributed by atoms with Gasteiger partial charge in [-0.25, -0.2) is 9.97 Å². The summed E-state index contributed by atoms with van der Waals surface area (Å²) in [5.74, 6) is 0.349. The minimum atomic E-state index is -0.264. The molecule has 3 aromatic rings. The Morgan fingerprint density at radius 1 is 1.08 bits per heavy atom. The SMILES string of the molecule is COc1ccc(C(=O)Nc2ccc(-n3cnc(C)c3C)cc2)nc1. The van der Waals surface area contributed by atoms with Crippen LogP contribution in [0.5, 0.6) is 5.75 Å². The van der Waals surface area contributed by atoms with Gasteiger partial charge < -0.3 is 14.6 Å². The van der Waals surface area contributed by atoms with E-state index in [1.165, 1.54) is 6.20 Å². The van der Waals surface area contributed by atoms with Gasteiger partial charge in [-0.3, -0.25) is 4.79 Å². The molecule has 24 heavy (non-hydrogen) atoms. The highest BCUT2D eigenvalue weighted by Crippen LogP contribution is 2.17. The smallest absolute Gasteiger partial charge is 0.274 e. The number of carbonyl (C=O) groups excluding carboxylic acids is 1. The summed E-state index contributed by atoms with van der Waals surface area (Å²) < 4.78 is 7.04. The summed E-state index contributed by atoms with van der Waals surface area (Å²) >= 11 is 0. The highest BCUT2D eigenvalue weighted by Gasteiger charge is 2.09. The van der Waals surface area contributed by atoms with E-state index < -0.39 is 0 Å². The summed E-state index contributed by atoms with van der Waals surface area (Å²) in [6.45, 7) is 4.00. The molecule has 0 unspecified atom stereocenters. The second-order valence-corrected chi connectivity index (χ2v) is 5.37. The number of imidazole rings is 1. The quantitative estimate of drug-likeness (QED) is 0.801. The van der Waals surface area contributed by atoms with Gasteiger partial charge in [0.1, 0.15) is 11.4 Å². The lowest BCUT2D eigenvalue weighted by Gasteiger charge is -2.08. The monoisotopic (exact) mass is 322 g/mol. The zero-order valence-electron chi connectivity index (χ0n) is 13.8. The lowest BCUT2D eigenvalue weighted by molar-refractivity contribution is 0.102. The maximum absolute atomic E-state index is 12.2. The van der Waals surface area contributed by atoms with Crippen LogP contribution in [0.3, 0.4) is 0 Å². The Morgan fingerprint density at radius 3 is 2.38 bits per heavy atom. The Bertz CT molecular complexity index is 852. The summed E-state index contributed by atoms with van der Waals surface area (Å²) in [5, 5.41) is 2.83. The first kappa shape index (κ1) is 15.7. The van der Waals surface area contributed by atoms with Gasteiger partial charge in [0.15, 0.2) is 0 Å². The van der Waals surface area contributed by atoms with Crippen molar-refractivity contribution in [2.45, 2.75) is 13.8 Å². The third kappa shape index (κ3) is 3.12. The molecule has 0 aliphatic rings. The van der Waals surface area contributed by atoms with Crippen LogP contribution in [0.4, 0.5) is 5.69 Å². The van der Waals surface area contributed by atoms with Crippen molar-refractivity contribution < 1.29 is 9.53 Å². The van der Waals surface area contributed by atoms with Crippen LogP contribution in [-0.2, 0) is 0 Å². The Balaban J connectivity index is 1.73. The fraction of sp³-hybridized carbons (Fsp3) is 0.167. The van der Waals surface area contributed by atoms with E-state index >= 15 is 0 Å². The third-order valence-electron chi connectivity index (χ3n) is 3.86. The molecular weight excluding hydrogens is 304 g/mol. The second-order valence-electron chi connectivity index (χ2n) is 5.37. The molecule has 0 spiro atoms. The van der Waals surface area contributed by atoms with E-state index in [0.717, 1.165) is 17.1 Å². The number of benzene rings is 1. The van der Waals surface area contributed by atoms with Crippen molar-refractivity contribution in [3.05, 3.63) is 66.0 Å². The lowest BCUT2D eigenvalue weighted by atomic mass is 10.2. The van der Waals surface area contributed by atoms with Crippen LogP contribution in [-0.4, -0.2) is 27.6 Å². The van der Waals surface area contributed by atoms with Crippen molar-refractivity contribution in [3.8, 4) is 11.4 Å². The summed E-state index contributed by atoms with van der Waals surface area (Å²) in [4.78, 5) is 20.6. The predicted octanol–water partition coefficient (Wildman–Crippen LogP) is 3.15. The van der Waals surface area contributed by atoms with Gasteiger partial charge in [0, 0.05) is 17.1 Å². The van der Waals surface area contributed by atoms with Gasteiger partial charge in [-0.1, -0.05) is 0 Å². The van der Waals surface area contributed by atoms with Crippen molar-refractivity contribution in [2.75, 3.05) is 12.4 Å². The van der Waals surface area contributed by atoms with E-state index in [9.17, 15) is 4.79 Å². The topological polar surface area (TPSA) is 69.0 Å². The van der Waals surface area contributed by atoms with E-state index in [0.29, 0.717) is 17.1 Å². The van der Waals surface area contributed by atoms with Crippen molar-refractivity contribution in [1.29, 1.82) is 0 Å². The van der Waals surface area contributed by atoms with Crippen LogP contribution in [0.15, 0.2) is 48.9 Å². The number of pyridine rings is 1. The van der Waals surface area contributed by atoms with E-state index in [1.807, 2.05) is 42.7 Å². The van der Waals surface area contributed by atoms with E-state index in [1.54, 1.807) is 25.6 Å².